The summed E-state index contributed by atoms with van der Waals surface area (Å²) in [6.07, 6.45) is 3.14. The zero-order valence-corrected chi connectivity index (χ0v) is 11.7. The minimum Gasteiger partial charge on any atom is -0.384 e. The number of carbonyl (C=O) groups is 1. The third-order valence-corrected chi connectivity index (χ3v) is 4.29. The monoisotopic (exact) mass is 296 g/mol. The SMILES string of the molecule is Nc1cc(C(=O)NCC2CCSCC2)c([N+](=O)[O-])cn1. The van der Waals surface area contributed by atoms with Gasteiger partial charge in [0, 0.05) is 6.54 Å². The van der Waals surface area contributed by atoms with Crippen LogP contribution in [0.5, 0.6) is 0 Å². The number of aromatic nitrogens is 1. The van der Waals surface area contributed by atoms with Crippen molar-refractivity contribution in [2.45, 2.75) is 12.8 Å². The van der Waals surface area contributed by atoms with E-state index in [1.54, 1.807) is 0 Å². The molecule has 0 spiro atoms. The molecule has 0 atom stereocenters. The lowest BCUT2D eigenvalue weighted by atomic mass is 10.0. The fourth-order valence-corrected chi connectivity index (χ4v) is 3.28. The summed E-state index contributed by atoms with van der Waals surface area (Å²) >= 11 is 1.91. The number of nitrogens with zero attached hydrogens (tertiary/aromatic N) is 2. The quantitative estimate of drug-likeness (QED) is 0.642. The average Bonchev–Trinajstić information content (AvgIpc) is 2.45. The Balaban J connectivity index is 2.04. The van der Waals surface area contributed by atoms with Crippen molar-refractivity contribution in [2.24, 2.45) is 5.92 Å². The van der Waals surface area contributed by atoms with Gasteiger partial charge in [0.15, 0.2) is 0 Å². The van der Waals surface area contributed by atoms with E-state index >= 15 is 0 Å². The number of nitrogens with one attached hydrogen (secondary N) is 1. The van der Waals surface area contributed by atoms with Crippen LogP contribution in [0.3, 0.4) is 0 Å². The molecular weight excluding hydrogens is 280 g/mol. The van der Waals surface area contributed by atoms with E-state index in [0.29, 0.717) is 12.5 Å². The Labute approximate surface area is 120 Å². The van der Waals surface area contributed by atoms with Crippen molar-refractivity contribution < 1.29 is 9.72 Å². The Morgan fingerprint density at radius 1 is 1.55 bits per heavy atom. The van der Waals surface area contributed by atoms with E-state index in [4.69, 9.17) is 5.73 Å². The lowest BCUT2D eigenvalue weighted by molar-refractivity contribution is -0.385. The molecule has 7 nitrogen and oxygen atoms in total. The standard InChI is InChI=1S/C12H16N4O3S/c13-11-5-9(10(7-14-11)16(18)19)12(17)15-6-8-1-3-20-4-2-8/h5,7-8H,1-4,6H2,(H2,13,14)(H,15,17). The Kier molecular flexibility index (Phi) is 4.78. The molecule has 108 valence electrons. The van der Waals surface area contributed by atoms with Crippen LogP contribution in [0, 0.1) is 16.0 Å². The van der Waals surface area contributed by atoms with Gasteiger partial charge in [-0.1, -0.05) is 0 Å². The number of hydrogen-bond donors (Lipinski definition) is 2. The lowest BCUT2D eigenvalue weighted by Gasteiger charge is -2.21. The highest BCUT2D eigenvalue weighted by atomic mass is 32.2. The van der Waals surface area contributed by atoms with Crippen LogP contribution >= 0.6 is 11.8 Å². The van der Waals surface area contributed by atoms with Crippen molar-refractivity contribution in [3.8, 4) is 0 Å². The van der Waals surface area contributed by atoms with Crippen molar-refractivity contribution in [1.82, 2.24) is 10.3 Å². The zero-order valence-electron chi connectivity index (χ0n) is 10.9. The second-order valence-corrected chi connectivity index (χ2v) is 5.87. The van der Waals surface area contributed by atoms with Gasteiger partial charge in [0.05, 0.1) is 4.92 Å². The van der Waals surface area contributed by atoms with Gasteiger partial charge in [-0.25, -0.2) is 4.98 Å². The number of rotatable bonds is 4. The second-order valence-electron chi connectivity index (χ2n) is 4.65. The van der Waals surface area contributed by atoms with Gasteiger partial charge < -0.3 is 11.1 Å². The molecule has 0 saturated carbocycles. The van der Waals surface area contributed by atoms with Crippen LogP contribution in [-0.4, -0.2) is 33.9 Å². The minimum atomic E-state index is -0.626. The summed E-state index contributed by atoms with van der Waals surface area (Å²) in [4.78, 5) is 26.0. The molecule has 0 bridgehead atoms. The molecule has 3 N–H and O–H groups in total. The number of nitrogen functional groups attached to an aromatic ring is 1. The van der Waals surface area contributed by atoms with E-state index in [2.05, 4.69) is 10.3 Å². The molecule has 0 radical (unpaired) electrons. The van der Waals surface area contributed by atoms with Gasteiger partial charge in [0.25, 0.3) is 11.6 Å². The average molecular weight is 296 g/mol. The molecule has 0 unspecified atom stereocenters. The normalized spacial score (nSPS) is 15.8. The maximum atomic E-state index is 12.1. The number of nitrogens with two attached hydrogens (primary N) is 1. The van der Waals surface area contributed by atoms with E-state index in [-0.39, 0.29) is 17.1 Å². The first-order chi connectivity index (χ1) is 9.58. The van der Waals surface area contributed by atoms with Crippen molar-refractivity contribution in [1.29, 1.82) is 0 Å². The highest BCUT2D eigenvalue weighted by Crippen LogP contribution is 2.23. The topological polar surface area (TPSA) is 111 Å². The molecule has 1 saturated heterocycles. The number of amides is 1. The Morgan fingerprint density at radius 2 is 2.25 bits per heavy atom. The van der Waals surface area contributed by atoms with Gasteiger partial charge in [0.2, 0.25) is 0 Å². The van der Waals surface area contributed by atoms with Crippen LogP contribution < -0.4 is 11.1 Å². The third-order valence-electron chi connectivity index (χ3n) is 3.24. The molecule has 20 heavy (non-hydrogen) atoms. The van der Waals surface area contributed by atoms with Gasteiger partial charge in [-0.05, 0) is 36.3 Å². The van der Waals surface area contributed by atoms with Gasteiger partial charge in [0.1, 0.15) is 17.6 Å². The molecule has 0 aliphatic carbocycles. The molecule has 8 heteroatoms. The lowest BCUT2D eigenvalue weighted by Crippen LogP contribution is -2.31. The van der Waals surface area contributed by atoms with E-state index in [1.165, 1.54) is 6.07 Å². The largest absolute Gasteiger partial charge is 0.384 e. The molecular formula is C12H16N4O3S. The minimum absolute atomic E-state index is 0.0346. The summed E-state index contributed by atoms with van der Waals surface area (Å²) < 4.78 is 0. The summed E-state index contributed by atoms with van der Waals surface area (Å²) in [7, 11) is 0. The van der Waals surface area contributed by atoms with Crippen molar-refractivity contribution >= 4 is 29.2 Å². The first-order valence-corrected chi connectivity index (χ1v) is 7.49. The van der Waals surface area contributed by atoms with Crippen LogP contribution in [0.15, 0.2) is 12.3 Å². The van der Waals surface area contributed by atoms with Crippen LogP contribution in [0.4, 0.5) is 11.5 Å². The van der Waals surface area contributed by atoms with Crippen molar-refractivity contribution in [3.63, 3.8) is 0 Å². The van der Waals surface area contributed by atoms with Crippen LogP contribution in [-0.2, 0) is 0 Å². The number of thioether (sulfide) groups is 1. The maximum Gasteiger partial charge on any atom is 0.300 e. The molecule has 2 heterocycles. The molecule has 1 aliphatic rings. The molecule has 1 fully saturated rings. The first-order valence-electron chi connectivity index (χ1n) is 6.34. The fraction of sp³-hybridized carbons (Fsp3) is 0.500. The van der Waals surface area contributed by atoms with E-state index in [1.807, 2.05) is 11.8 Å². The zero-order chi connectivity index (χ0) is 14.5. The second kappa shape index (κ2) is 6.56. The van der Waals surface area contributed by atoms with Gasteiger partial charge >= 0.3 is 0 Å². The number of anilines is 1. The molecule has 1 aromatic heterocycles. The van der Waals surface area contributed by atoms with Gasteiger partial charge in [-0.15, -0.1) is 0 Å². The molecule has 1 aliphatic heterocycles. The smallest absolute Gasteiger partial charge is 0.300 e. The first kappa shape index (κ1) is 14.6. The third kappa shape index (κ3) is 3.60. The Bertz CT molecular complexity index is 517. The van der Waals surface area contributed by atoms with Crippen LogP contribution in [0.25, 0.3) is 0 Å². The number of carbonyl (C=O) groups excluding carboxylic acids is 1. The Morgan fingerprint density at radius 3 is 2.90 bits per heavy atom. The van der Waals surface area contributed by atoms with Crippen molar-refractivity contribution in [2.75, 3.05) is 23.8 Å². The molecule has 0 aromatic carbocycles. The predicted molar refractivity (Wildman–Crippen MR) is 77.7 cm³/mol. The molecule has 1 amide bonds. The number of nitro groups is 1. The van der Waals surface area contributed by atoms with E-state index < -0.39 is 10.8 Å². The Hall–Kier alpha value is -1.83. The summed E-state index contributed by atoms with van der Waals surface area (Å²) in [5.74, 6) is 2.27. The van der Waals surface area contributed by atoms with E-state index in [9.17, 15) is 14.9 Å². The fourth-order valence-electron chi connectivity index (χ4n) is 2.07. The summed E-state index contributed by atoms with van der Waals surface area (Å²) in [6, 6.07) is 1.24. The highest BCUT2D eigenvalue weighted by Gasteiger charge is 2.22. The molecule has 1 aromatic rings. The van der Waals surface area contributed by atoms with Crippen LogP contribution in [0.1, 0.15) is 23.2 Å². The van der Waals surface area contributed by atoms with Crippen LogP contribution in [0.2, 0.25) is 0 Å². The summed E-state index contributed by atoms with van der Waals surface area (Å²) in [5.41, 5.74) is 5.13. The summed E-state index contributed by atoms with van der Waals surface area (Å²) in [6.45, 7) is 0.540. The summed E-state index contributed by atoms with van der Waals surface area (Å²) in [5, 5.41) is 13.6. The van der Waals surface area contributed by atoms with Gasteiger partial charge in [-0.3, -0.25) is 14.9 Å². The highest BCUT2D eigenvalue weighted by molar-refractivity contribution is 7.99. The molecule has 2 rings (SSSR count). The number of hydrogen-bond acceptors (Lipinski definition) is 6. The maximum absolute atomic E-state index is 12.1. The van der Waals surface area contributed by atoms with Crippen molar-refractivity contribution in [3.05, 3.63) is 27.9 Å². The predicted octanol–water partition coefficient (Wildman–Crippen LogP) is 1.44. The van der Waals surface area contributed by atoms with Gasteiger partial charge in [-0.2, -0.15) is 11.8 Å². The van der Waals surface area contributed by atoms with E-state index in [0.717, 1.165) is 30.5 Å². The number of pyridine rings is 1.